The highest BCUT2D eigenvalue weighted by atomic mass is 35.5. The molecule has 2 heterocycles. The number of ketones is 1. The summed E-state index contributed by atoms with van der Waals surface area (Å²) in [5, 5.41) is 11.0. The number of nitrogens with two attached hydrogens (primary N) is 1. The Kier molecular flexibility index (Phi) is 5.68. The first-order chi connectivity index (χ1) is 14.7. The maximum absolute atomic E-state index is 13.5. The van der Waals surface area contributed by atoms with Gasteiger partial charge in [-0.1, -0.05) is 44.0 Å². The number of rotatable bonds is 3. The number of hydrogen-bond donors (Lipinski definition) is 1. The summed E-state index contributed by atoms with van der Waals surface area (Å²) in [6, 6.07) is 11.5. The van der Waals surface area contributed by atoms with Gasteiger partial charge in [-0.05, 0) is 48.6 Å². The highest BCUT2D eigenvalue weighted by Gasteiger charge is 2.45. The molecule has 2 aromatic rings. The van der Waals surface area contributed by atoms with Gasteiger partial charge in [0.05, 0.1) is 28.3 Å². The molecule has 0 fully saturated rings. The van der Waals surface area contributed by atoms with E-state index in [0.717, 1.165) is 17.0 Å². The lowest BCUT2D eigenvalue weighted by atomic mass is 9.69. The van der Waals surface area contributed by atoms with E-state index in [0.29, 0.717) is 45.5 Å². The lowest BCUT2D eigenvalue weighted by Gasteiger charge is -2.43. The molecule has 0 amide bonds. The Morgan fingerprint density at radius 1 is 1.26 bits per heavy atom. The second-order valence-electron chi connectivity index (χ2n) is 8.73. The summed E-state index contributed by atoms with van der Waals surface area (Å²) in [4.78, 5) is 17.4. The van der Waals surface area contributed by atoms with E-state index >= 15 is 0 Å². The van der Waals surface area contributed by atoms with Crippen molar-refractivity contribution >= 4 is 46.0 Å². The molecule has 0 radical (unpaired) electrons. The average molecular weight is 472 g/mol. The number of allylic oxidation sites excluding steroid dienone is 3. The second-order valence-corrected chi connectivity index (χ2v) is 10.8. The Labute approximate surface area is 196 Å². The Morgan fingerprint density at radius 2 is 2.00 bits per heavy atom. The van der Waals surface area contributed by atoms with Crippen molar-refractivity contribution in [3.8, 4) is 6.07 Å². The minimum Gasteiger partial charge on any atom is -0.384 e. The van der Waals surface area contributed by atoms with Crippen LogP contribution in [0.1, 0.15) is 49.3 Å². The molecule has 2 N–H and O–H groups in total. The first-order valence-corrected chi connectivity index (χ1v) is 11.7. The van der Waals surface area contributed by atoms with Gasteiger partial charge in [0, 0.05) is 32.5 Å². The number of Topliss-reactive ketones (excluding diaryl/α,β-unsaturated/α-hetero) is 1. The molecule has 1 atom stereocenters. The van der Waals surface area contributed by atoms with E-state index in [1.165, 1.54) is 4.88 Å². The molecular weight excluding hydrogens is 449 g/mol. The van der Waals surface area contributed by atoms with Crippen LogP contribution in [0.3, 0.4) is 0 Å². The summed E-state index contributed by atoms with van der Waals surface area (Å²) in [5.41, 5.74) is 8.87. The van der Waals surface area contributed by atoms with Crippen LogP contribution in [-0.4, -0.2) is 5.78 Å². The molecule has 1 aromatic carbocycles. The summed E-state index contributed by atoms with van der Waals surface area (Å²) in [6.45, 7) is 6.24. The number of carbonyl (C=O) groups is 1. The zero-order valence-corrected chi connectivity index (χ0v) is 20.0. The third-order valence-corrected chi connectivity index (χ3v) is 7.68. The fraction of sp³-hybridized carbons (Fsp3) is 0.333. The van der Waals surface area contributed by atoms with Gasteiger partial charge < -0.3 is 5.73 Å². The molecule has 0 saturated carbocycles. The third kappa shape index (κ3) is 3.78. The number of nitrogens with zero attached hydrogens (tertiary/aromatic N) is 2. The molecule has 0 spiro atoms. The molecule has 4 nitrogen and oxygen atoms in total. The van der Waals surface area contributed by atoms with E-state index in [2.05, 4.69) is 32.9 Å². The fourth-order valence-electron chi connectivity index (χ4n) is 4.47. The van der Waals surface area contributed by atoms with Gasteiger partial charge in [0.25, 0.3) is 0 Å². The standard InChI is InChI=1S/C24H23Cl2N3OS/c1-4-14-6-8-20(31-14)21-15(12-27)23(28)29(17-7-5-13(25)9-16(17)26)18-10-24(2,3)11-19(30)22(18)21/h5-9,21H,4,10-11,28H2,1-3H3. The van der Waals surface area contributed by atoms with E-state index in [1.54, 1.807) is 34.4 Å². The van der Waals surface area contributed by atoms with Crippen LogP contribution in [-0.2, 0) is 11.2 Å². The highest BCUT2D eigenvalue weighted by Crippen LogP contribution is 2.52. The SMILES string of the molecule is CCc1ccc(C2C(C#N)=C(N)N(c3ccc(Cl)cc3Cl)C3=C2C(=O)CC(C)(C)C3)s1. The van der Waals surface area contributed by atoms with Crippen molar-refractivity contribution in [3.63, 3.8) is 0 Å². The predicted molar refractivity (Wildman–Crippen MR) is 127 cm³/mol. The van der Waals surface area contributed by atoms with Crippen LogP contribution < -0.4 is 10.6 Å². The quantitative estimate of drug-likeness (QED) is 0.549. The van der Waals surface area contributed by atoms with Crippen LogP contribution in [0.4, 0.5) is 5.69 Å². The van der Waals surface area contributed by atoms with Gasteiger partial charge in [-0.2, -0.15) is 5.26 Å². The monoisotopic (exact) mass is 471 g/mol. The van der Waals surface area contributed by atoms with Gasteiger partial charge >= 0.3 is 0 Å². The second kappa shape index (κ2) is 8.02. The van der Waals surface area contributed by atoms with Crippen LogP contribution in [0, 0.1) is 16.7 Å². The Bertz CT molecular complexity index is 1190. The van der Waals surface area contributed by atoms with E-state index < -0.39 is 5.92 Å². The van der Waals surface area contributed by atoms with Crippen molar-refractivity contribution in [1.29, 1.82) is 5.26 Å². The predicted octanol–water partition coefficient (Wildman–Crippen LogP) is 6.56. The lowest BCUT2D eigenvalue weighted by Crippen LogP contribution is -2.42. The van der Waals surface area contributed by atoms with Crippen LogP contribution in [0.2, 0.25) is 10.0 Å². The molecule has 31 heavy (non-hydrogen) atoms. The average Bonchev–Trinajstić information content (AvgIpc) is 3.16. The topological polar surface area (TPSA) is 70.1 Å². The van der Waals surface area contributed by atoms with E-state index in [4.69, 9.17) is 28.9 Å². The Balaban J connectivity index is 2.00. The van der Waals surface area contributed by atoms with Crippen LogP contribution in [0.25, 0.3) is 0 Å². The summed E-state index contributed by atoms with van der Waals surface area (Å²) in [5.74, 6) is -0.0818. The molecule has 7 heteroatoms. The molecule has 1 unspecified atom stereocenters. The van der Waals surface area contributed by atoms with Crippen molar-refractivity contribution in [1.82, 2.24) is 0 Å². The Hall–Kier alpha value is -2.26. The smallest absolute Gasteiger partial charge is 0.162 e. The molecule has 1 aromatic heterocycles. The normalized spacial score (nSPS) is 20.7. The van der Waals surface area contributed by atoms with Gasteiger partial charge in [-0.15, -0.1) is 11.3 Å². The summed E-state index contributed by atoms with van der Waals surface area (Å²) in [6.07, 6.45) is 1.97. The maximum atomic E-state index is 13.5. The van der Waals surface area contributed by atoms with Crippen molar-refractivity contribution in [2.75, 3.05) is 4.90 Å². The summed E-state index contributed by atoms with van der Waals surface area (Å²) in [7, 11) is 0. The molecule has 160 valence electrons. The van der Waals surface area contributed by atoms with Crippen molar-refractivity contribution in [2.45, 2.75) is 46.0 Å². The van der Waals surface area contributed by atoms with Crippen molar-refractivity contribution in [3.05, 3.63) is 72.8 Å². The number of thiophene rings is 1. The van der Waals surface area contributed by atoms with Gasteiger partial charge in [0.15, 0.2) is 5.78 Å². The van der Waals surface area contributed by atoms with E-state index in [1.807, 2.05) is 6.07 Å². The van der Waals surface area contributed by atoms with Crippen LogP contribution in [0.15, 0.2) is 53.0 Å². The molecule has 0 bridgehead atoms. The van der Waals surface area contributed by atoms with Gasteiger partial charge in [0.2, 0.25) is 0 Å². The number of hydrogen-bond acceptors (Lipinski definition) is 5. The molecular formula is C24H23Cl2N3OS. The third-order valence-electron chi connectivity index (χ3n) is 5.85. The summed E-state index contributed by atoms with van der Waals surface area (Å²) >= 11 is 14.3. The number of aryl methyl sites for hydroxylation is 1. The number of benzene rings is 1. The molecule has 1 aliphatic heterocycles. The fourth-order valence-corrected chi connectivity index (χ4v) is 6.04. The first-order valence-electron chi connectivity index (χ1n) is 10.2. The van der Waals surface area contributed by atoms with Gasteiger partial charge in [-0.3, -0.25) is 9.69 Å². The molecule has 0 saturated heterocycles. The molecule has 1 aliphatic carbocycles. The van der Waals surface area contributed by atoms with E-state index in [-0.39, 0.29) is 11.2 Å². The maximum Gasteiger partial charge on any atom is 0.162 e. The van der Waals surface area contributed by atoms with Crippen molar-refractivity contribution < 1.29 is 4.79 Å². The van der Waals surface area contributed by atoms with E-state index in [9.17, 15) is 10.1 Å². The van der Waals surface area contributed by atoms with Gasteiger partial charge in [-0.25, -0.2) is 0 Å². The first kappa shape index (κ1) is 22.0. The zero-order chi connectivity index (χ0) is 22.5. The summed E-state index contributed by atoms with van der Waals surface area (Å²) < 4.78 is 0. The minimum atomic E-state index is -0.448. The Morgan fingerprint density at radius 3 is 2.61 bits per heavy atom. The number of carbonyl (C=O) groups excluding carboxylic acids is 1. The van der Waals surface area contributed by atoms with Crippen LogP contribution >= 0.6 is 34.5 Å². The lowest BCUT2D eigenvalue weighted by molar-refractivity contribution is -0.118. The highest BCUT2D eigenvalue weighted by molar-refractivity contribution is 7.12. The molecule has 2 aliphatic rings. The van der Waals surface area contributed by atoms with Crippen molar-refractivity contribution in [2.24, 2.45) is 11.1 Å². The van der Waals surface area contributed by atoms with Gasteiger partial charge in [0.1, 0.15) is 5.82 Å². The number of halogens is 2. The zero-order valence-electron chi connectivity index (χ0n) is 17.6. The molecule has 4 rings (SSSR count). The number of nitriles is 1. The van der Waals surface area contributed by atoms with Crippen LogP contribution in [0.5, 0.6) is 0 Å². The minimum absolute atomic E-state index is 0.0537. The number of anilines is 1. The largest absolute Gasteiger partial charge is 0.384 e.